The van der Waals surface area contributed by atoms with Crippen molar-refractivity contribution in [3.63, 3.8) is 0 Å². The fourth-order valence-electron chi connectivity index (χ4n) is 3.55. The highest BCUT2D eigenvalue weighted by Gasteiger charge is 2.27. The van der Waals surface area contributed by atoms with Gasteiger partial charge in [-0.1, -0.05) is 0 Å². The van der Waals surface area contributed by atoms with Crippen LogP contribution in [-0.2, 0) is 17.9 Å². The first-order valence-electron chi connectivity index (χ1n) is 10.1. The fraction of sp³-hybridized carbons (Fsp3) is 0.273. The molecule has 3 aromatic rings. The molecular formula is C22H21F4N5O. The maximum Gasteiger partial charge on any atom is 0.250 e. The van der Waals surface area contributed by atoms with Gasteiger partial charge in [0.1, 0.15) is 29.0 Å². The molecule has 0 saturated carbocycles. The molecule has 0 spiro atoms. The maximum atomic E-state index is 13.4. The number of amides is 1. The number of anilines is 2. The number of fused-ring (bicyclic) bond motifs is 1. The Morgan fingerprint density at radius 1 is 1.00 bits per heavy atom. The molecule has 2 aromatic carbocycles. The predicted octanol–water partition coefficient (Wildman–Crippen LogP) is 3.77. The smallest absolute Gasteiger partial charge is 0.250 e. The molecule has 0 radical (unpaired) electrons. The molecule has 32 heavy (non-hydrogen) atoms. The number of benzene rings is 2. The van der Waals surface area contributed by atoms with Crippen LogP contribution in [0.25, 0.3) is 11.3 Å². The number of rotatable bonds is 7. The van der Waals surface area contributed by atoms with Gasteiger partial charge < -0.3 is 20.1 Å². The average Bonchev–Trinajstić information content (AvgIpc) is 3.13. The van der Waals surface area contributed by atoms with E-state index in [1.807, 2.05) is 4.57 Å². The summed E-state index contributed by atoms with van der Waals surface area (Å²) >= 11 is 0. The number of carbonyl (C=O) groups excluding carboxylic acids is 1. The molecule has 0 unspecified atom stereocenters. The summed E-state index contributed by atoms with van der Waals surface area (Å²) in [5.74, 6) is 0.206. The number of alkyl halides is 2. The molecule has 1 aliphatic rings. The van der Waals surface area contributed by atoms with Crippen molar-refractivity contribution < 1.29 is 22.4 Å². The second-order valence-corrected chi connectivity index (χ2v) is 7.35. The summed E-state index contributed by atoms with van der Waals surface area (Å²) in [5, 5.41) is 5.70. The first kappa shape index (κ1) is 21.8. The van der Waals surface area contributed by atoms with Crippen LogP contribution in [0.1, 0.15) is 5.82 Å². The van der Waals surface area contributed by atoms with Crippen molar-refractivity contribution in [2.45, 2.75) is 19.5 Å². The van der Waals surface area contributed by atoms with E-state index >= 15 is 0 Å². The van der Waals surface area contributed by atoms with E-state index in [2.05, 4.69) is 15.6 Å². The van der Waals surface area contributed by atoms with Crippen molar-refractivity contribution in [2.24, 2.45) is 0 Å². The van der Waals surface area contributed by atoms with Crippen molar-refractivity contribution in [1.29, 1.82) is 0 Å². The largest absolute Gasteiger partial charge is 0.340 e. The Bertz CT molecular complexity index is 1080. The lowest BCUT2D eigenvalue weighted by atomic mass is 10.1. The summed E-state index contributed by atoms with van der Waals surface area (Å²) < 4.78 is 53.3. The van der Waals surface area contributed by atoms with Crippen LogP contribution < -0.4 is 10.6 Å². The molecule has 0 atom stereocenters. The van der Waals surface area contributed by atoms with Gasteiger partial charge >= 0.3 is 0 Å². The highest BCUT2D eigenvalue weighted by atomic mass is 19.3. The van der Waals surface area contributed by atoms with Crippen LogP contribution in [0.2, 0.25) is 0 Å². The zero-order valence-electron chi connectivity index (χ0n) is 17.0. The van der Waals surface area contributed by atoms with Crippen LogP contribution in [0.4, 0.5) is 29.1 Å². The van der Waals surface area contributed by atoms with E-state index in [1.54, 1.807) is 29.2 Å². The Hall–Kier alpha value is -3.40. The zero-order chi connectivity index (χ0) is 22.7. The van der Waals surface area contributed by atoms with Gasteiger partial charge in [-0.2, -0.15) is 0 Å². The van der Waals surface area contributed by atoms with Gasteiger partial charge in [0.2, 0.25) is 5.91 Å². The van der Waals surface area contributed by atoms with E-state index in [0.29, 0.717) is 41.7 Å². The molecule has 1 aliphatic heterocycles. The Kier molecular flexibility index (Phi) is 6.40. The predicted molar refractivity (Wildman–Crippen MR) is 112 cm³/mol. The summed E-state index contributed by atoms with van der Waals surface area (Å²) in [4.78, 5) is 18.6. The number of nitrogens with zero attached hydrogens (tertiary/aromatic N) is 3. The van der Waals surface area contributed by atoms with E-state index in [1.165, 1.54) is 24.3 Å². The third-order valence-electron chi connectivity index (χ3n) is 5.12. The summed E-state index contributed by atoms with van der Waals surface area (Å²) in [7, 11) is 0. The normalized spacial score (nSPS) is 13.3. The van der Waals surface area contributed by atoms with Gasteiger partial charge in [-0.3, -0.25) is 4.79 Å². The lowest BCUT2D eigenvalue weighted by Gasteiger charge is -2.28. The number of hydrogen-bond acceptors (Lipinski definition) is 4. The monoisotopic (exact) mass is 447 g/mol. The SMILES string of the molecule is O=C(CNCC(F)F)N1CCn2c(nc(-c3ccc(F)cc3)c2Nc2ccc(F)cc2)C1. The van der Waals surface area contributed by atoms with Gasteiger partial charge in [-0.05, 0) is 48.5 Å². The minimum absolute atomic E-state index is 0.184. The quantitative estimate of drug-likeness (QED) is 0.542. The van der Waals surface area contributed by atoms with E-state index in [9.17, 15) is 22.4 Å². The van der Waals surface area contributed by atoms with E-state index in [0.717, 1.165) is 0 Å². The second-order valence-electron chi connectivity index (χ2n) is 7.35. The van der Waals surface area contributed by atoms with Crippen molar-refractivity contribution in [3.05, 3.63) is 66.0 Å². The van der Waals surface area contributed by atoms with E-state index < -0.39 is 13.0 Å². The standard InChI is InChI=1S/C22H21F4N5O/c23-15-3-1-14(2-4-15)21-22(28-17-7-5-16(24)6-8-17)31-10-9-30(13-19(31)29-21)20(32)12-27-11-18(25)26/h1-8,18,27-28H,9-13H2. The van der Waals surface area contributed by atoms with Crippen LogP contribution in [0.5, 0.6) is 0 Å². The van der Waals surface area contributed by atoms with E-state index in [-0.39, 0.29) is 30.6 Å². The molecule has 0 saturated heterocycles. The molecule has 0 aliphatic carbocycles. The number of imidazole rings is 1. The van der Waals surface area contributed by atoms with Crippen LogP contribution in [-0.4, -0.2) is 46.4 Å². The molecule has 2 heterocycles. The summed E-state index contributed by atoms with van der Waals surface area (Å²) in [6, 6.07) is 11.7. The molecule has 1 aromatic heterocycles. The maximum absolute atomic E-state index is 13.4. The molecule has 168 valence electrons. The minimum atomic E-state index is -2.53. The zero-order valence-corrected chi connectivity index (χ0v) is 17.0. The van der Waals surface area contributed by atoms with Gasteiger partial charge in [0.15, 0.2) is 0 Å². The van der Waals surface area contributed by atoms with Gasteiger partial charge in [0.05, 0.1) is 19.6 Å². The Morgan fingerprint density at radius 2 is 1.66 bits per heavy atom. The summed E-state index contributed by atoms with van der Waals surface area (Å²) in [6.45, 7) is 0.271. The third-order valence-corrected chi connectivity index (χ3v) is 5.12. The minimum Gasteiger partial charge on any atom is -0.340 e. The molecule has 6 nitrogen and oxygen atoms in total. The van der Waals surface area contributed by atoms with Crippen LogP contribution in [0, 0.1) is 11.6 Å². The number of hydrogen-bond donors (Lipinski definition) is 2. The summed E-state index contributed by atoms with van der Waals surface area (Å²) in [5.41, 5.74) is 1.89. The van der Waals surface area contributed by atoms with Crippen LogP contribution >= 0.6 is 0 Å². The van der Waals surface area contributed by atoms with Crippen molar-refractivity contribution in [1.82, 2.24) is 19.8 Å². The highest BCUT2D eigenvalue weighted by molar-refractivity contribution is 5.79. The van der Waals surface area contributed by atoms with Gasteiger partial charge in [0.25, 0.3) is 6.43 Å². The molecule has 4 rings (SSSR count). The average molecular weight is 447 g/mol. The van der Waals surface area contributed by atoms with Gasteiger partial charge in [-0.15, -0.1) is 0 Å². The molecule has 2 N–H and O–H groups in total. The second kappa shape index (κ2) is 9.39. The number of halogens is 4. The van der Waals surface area contributed by atoms with Crippen molar-refractivity contribution in [3.8, 4) is 11.3 Å². The Balaban J connectivity index is 1.61. The van der Waals surface area contributed by atoms with Crippen LogP contribution in [0.15, 0.2) is 48.5 Å². The fourth-order valence-corrected chi connectivity index (χ4v) is 3.55. The van der Waals surface area contributed by atoms with Gasteiger partial charge in [0, 0.05) is 24.3 Å². The van der Waals surface area contributed by atoms with Crippen molar-refractivity contribution in [2.75, 3.05) is 25.0 Å². The first-order valence-corrected chi connectivity index (χ1v) is 10.1. The summed E-state index contributed by atoms with van der Waals surface area (Å²) in [6.07, 6.45) is -2.53. The lowest BCUT2D eigenvalue weighted by Crippen LogP contribution is -2.43. The molecular weight excluding hydrogens is 426 g/mol. The molecule has 0 fully saturated rings. The Labute approximate surface area is 181 Å². The number of nitrogens with one attached hydrogen (secondary N) is 2. The number of aromatic nitrogens is 2. The lowest BCUT2D eigenvalue weighted by molar-refractivity contribution is -0.131. The van der Waals surface area contributed by atoms with Crippen LogP contribution in [0.3, 0.4) is 0 Å². The topological polar surface area (TPSA) is 62.2 Å². The number of carbonyl (C=O) groups is 1. The first-order chi connectivity index (χ1) is 15.4. The van der Waals surface area contributed by atoms with Gasteiger partial charge in [-0.25, -0.2) is 22.5 Å². The molecule has 1 amide bonds. The highest BCUT2D eigenvalue weighted by Crippen LogP contribution is 2.33. The van der Waals surface area contributed by atoms with Crippen molar-refractivity contribution >= 4 is 17.4 Å². The Morgan fingerprint density at radius 3 is 2.31 bits per heavy atom. The molecule has 10 heteroatoms. The third kappa shape index (κ3) is 4.91. The molecule has 0 bridgehead atoms. The van der Waals surface area contributed by atoms with E-state index in [4.69, 9.17) is 0 Å².